The van der Waals surface area contributed by atoms with Crippen LogP contribution in [0.2, 0.25) is 0 Å². The van der Waals surface area contributed by atoms with Gasteiger partial charge in [-0.05, 0) is 43.2 Å². The molecule has 0 spiro atoms. The Labute approximate surface area is 144 Å². The highest BCUT2D eigenvalue weighted by Crippen LogP contribution is 2.32. The van der Waals surface area contributed by atoms with E-state index in [0.29, 0.717) is 36.0 Å². The maximum Gasteiger partial charge on any atom is 0.289 e. The fourth-order valence-electron chi connectivity index (χ4n) is 4.27. The highest BCUT2D eigenvalue weighted by molar-refractivity contribution is 5.91. The number of piperidine rings is 2. The minimum absolute atomic E-state index is 0.0457. The van der Waals surface area contributed by atoms with E-state index in [1.807, 2.05) is 6.07 Å². The minimum Gasteiger partial charge on any atom is -0.453 e. The van der Waals surface area contributed by atoms with Crippen molar-refractivity contribution in [1.29, 1.82) is 0 Å². The van der Waals surface area contributed by atoms with Crippen molar-refractivity contribution < 1.29 is 13.9 Å². The number of nitrogens with zero attached hydrogens (tertiary/aromatic N) is 2. The molecule has 2 fully saturated rings. The molecule has 0 aromatic carbocycles. The molecular weight excluding hydrogens is 304 g/mol. The SMILES string of the molecule is COCc1ccc(C(=O)N2CCC[C@@H]3CN(CC(C)C)CC[C@@H]32)o1. The molecule has 2 saturated heterocycles. The van der Waals surface area contributed by atoms with E-state index in [4.69, 9.17) is 9.15 Å². The van der Waals surface area contributed by atoms with Gasteiger partial charge in [-0.15, -0.1) is 0 Å². The number of carbonyl (C=O) groups is 1. The fraction of sp³-hybridized carbons (Fsp3) is 0.737. The van der Waals surface area contributed by atoms with Crippen molar-refractivity contribution in [3.05, 3.63) is 23.7 Å². The summed E-state index contributed by atoms with van der Waals surface area (Å²) >= 11 is 0. The molecule has 0 unspecified atom stereocenters. The van der Waals surface area contributed by atoms with E-state index < -0.39 is 0 Å². The summed E-state index contributed by atoms with van der Waals surface area (Å²) < 4.78 is 10.7. The van der Waals surface area contributed by atoms with Crippen LogP contribution in [0.4, 0.5) is 0 Å². The van der Waals surface area contributed by atoms with Crippen molar-refractivity contribution in [2.24, 2.45) is 11.8 Å². The lowest BCUT2D eigenvalue weighted by molar-refractivity contribution is 0.0156. The van der Waals surface area contributed by atoms with Crippen LogP contribution in [-0.2, 0) is 11.3 Å². The lowest BCUT2D eigenvalue weighted by Gasteiger charge is -2.47. The third-order valence-corrected chi connectivity index (χ3v) is 5.20. The molecule has 0 radical (unpaired) electrons. The van der Waals surface area contributed by atoms with Gasteiger partial charge in [-0.2, -0.15) is 0 Å². The highest BCUT2D eigenvalue weighted by Gasteiger charge is 2.39. The van der Waals surface area contributed by atoms with Gasteiger partial charge in [-0.3, -0.25) is 4.79 Å². The van der Waals surface area contributed by atoms with E-state index in [2.05, 4.69) is 23.6 Å². The molecule has 24 heavy (non-hydrogen) atoms. The average Bonchev–Trinajstić information content (AvgIpc) is 3.02. The van der Waals surface area contributed by atoms with Crippen molar-refractivity contribution in [1.82, 2.24) is 9.80 Å². The van der Waals surface area contributed by atoms with E-state index in [-0.39, 0.29) is 5.91 Å². The van der Waals surface area contributed by atoms with Crippen LogP contribution in [0.3, 0.4) is 0 Å². The van der Waals surface area contributed by atoms with Gasteiger partial charge in [0.05, 0.1) is 0 Å². The average molecular weight is 334 g/mol. The Bertz CT molecular complexity index is 555. The van der Waals surface area contributed by atoms with E-state index in [0.717, 1.165) is 39.0 Å². The first-order chi connectivity index (χ1) is 11.6. The number of ether oxygens (including phenoxy) is 1. The molecule has 1 amide bonds. The number of fused-ring (bicyclic) bond motifs is 1. The van der Waals surface area contributed by atoms with Gasteiger partial charge in [0.25, 0.3) is 5.91 Å². The van der Waals surface area contributed by atoms with E-state index in [1.54, 1.807) is 13.2 Å². The Morgan fingerprint density at radius 3 is 2.92 bits per heavy atom. The second-order valence-electron chi connectivity index (χ2n) is 7.61. The summed E-state index contributed by atoms with van der Waals surface area (Å²) in [5, 5.41) is 0. The molecule has 134 valence electrons. The van der Waals surface area contributed by atoms with Crippen molar-refractivity contribution in [2.45, 2.75) is 45.8 Å². The van der Waals surface area contributed by atoms with Gasteiger partial charge in [-0.25, -0.2) is 0 Å². The lowest BCUT2D eigenvalue weighted by atomic mass is 9.83. The van der Waals surface area contributed by atoms with E-state index in [1.165, 1.54) is 6.42 Å². The first kappa shape index (κ1) is 17.5. The summed E-state index contributed by atoms with van der Waals surface area (Å²) in [5.41, 5.74) is 0. The molecule has 0 aliphatic carbocycles. The van der Waals surface area contributed by atoms with Gasteiger partial charge < -0.3 is 19.0 Å². The van der Waals surface area contributed by atoms with Crippen LogP contribution in [0.1, 0.15) is 49.4 Å². The van der Waals surface area contributed by atoms with Crippen molar-refractivity contribution in [3.8, 4) is 0 Å². The van der Waals surface area contributed by atoms with E-state index >= 15 is 0 Å². The predicted molar refractivity (Wildman–Crippen MR) is 92.9 cm³/mol. The second-order valence-corrected chi connectivity index (χ2v) is 7.61. The molecule has 0 bridgehead atoms. The van der Waals surface area contributed by atoms with Crippen LogP contribution < -0.4 is 0 Å². The molecule has 1 aromatic heterocycles. The topological polar surface area (TPSA) is 45.9 Å². The molecule has 2 aliphatic rings. The molecule has 5 heteroatoms. The summed E-state index contributed by atoms with van der Waals surface area (Å²) in [7, 11) is 1.63. The van der Waals surface area contributed by atoms with Crippen molar-refractivity contribution in [3.63, 3.8) is 0 Å². The van der Waals surface area contributed by atoms with Crippen molar-refractivity contribution >= 4 is 5.91 Å². The van der Waals surface area contributed by atoms with Crippen LogP contribution in [0.15, 0.2) is 16.5 Å². The Morgan fingerprint density at radius 1 is 1.33 bits per heavy atom. The predicted octanol–water partition coefficient (Wildman–Crippen LogP) is 3.01. The first-order valence-corrected chi connectivity index (χ1v) is 9.19. The minimum atomic E-state index is 0.0457. The van der Waals surface area contributed by atoms with Gasteiger partial charge >= 0.3 is 0 Å². The normalized spacial score (nSPS) is 25.1. The number of likely N-dealkylation sites (tertiary alicyclic amines) is 2. The summed E-state index contributed by atoms with van der Waals surface area (Å²) in [4.78, 5) is 17.5. The summed E-state index contributed by atoms with van der Waals surface area (Å²) in [6.07, 6.45) is 3.40. The third-order valence-electron chi connectivity index (χ3n) is 5.20. The van der Waals surface area contributed by atoms with Crippen LogP contribution in [0, 0.1) is 11.8 Å². The Hall–Kier alpha value is -1.33. The fourth-order valence-corrected chi connectivity index (χ4v) is 4.27. The summed E-state index contributed by atoms with van der Waals surface area (Å²) in [5.74, 6) is 2.51. The zero-order valence-corrected chi connectivity index (χ0v) is 15.2. The standard InChI is InChI=1S/C19H30N2O3/c1-14(2)11-20-10-8-17-15(12-20)5-4-9-21(17)19(22)18-7-6-16(24-18)13-23-3/h6-7,14-15,17H,4-5,8-13H2,1-3H3/t15-,17+/m1/s1. The number of rotatable bonds is 5. The maximum absolute atomic E-state index is 12.9. The van der Waals surface area contributed by atoms with Gasteiger partial charge in [0.2, 0.25) is 0 Å². The van der Waals surface area contributed by atoms with Gasteiger partial charge in [0.15, 0.2) is 5.76 Å². The number of amides is 1. The van der Waals surface area contributed by atoms with Crippen LogP contribution >= 0.6 is 0 Å². The second kappa shape index (κ2) is 7.70. The van der Waals surface area contributed by atoms with Crippen molar-refractivity contribution in [2.75, 3.05) is 33.3 Å². The molecule has 0 N–H and O–H groups in total. The highest BCUT2D eigenvalue weighted by atomic mass is 16.5. The Balaban J connectivity index is 1.66. The van der Waals surface area contributed by atoms with E-state index in [9.17, 15) is 4.79 Å². The number of carbonyl (C=O) groups excluding carboxylic acids is 1. The number of hydrogen-bond donors (Lipinski definition) is 0. The summed E-state index contributed by atoms with van der Waals surface area (Å²) in [6.45, 7) is 9.19. The van der Waals surface area contributed by atoms with Gasteiger partial charge in [-0.1, -0.05) is 13.8 Å². The monoisotopic (exact) mass is 334 g/mol. The largest absolute Gasteiger partial charge is 0.453 e. The first-order valence-electron chi connectivity index (χ1n) is 9.19. The zero-order chi connectivity index (χ0) is 17.1. The quantitative estimate of drug-likeness (QED) is 0.830. The summed E-state index contributed by atoms with van der Waals surface area (Å²) in [6, 6.07) is 3.99. The molecule has 1 aromatic rings. The lowest BCUT2D eigenvalue weighted by Crippen LogP contribution is -2.56. The van der Waals surface area contributed by atoms with Crippen LogP contribution in [-0.4, -0.2) is 55.0 Å². The molecular formula is C19H30N2O3. The zero-order valence-electron chi connectivity index (χ0n) is 15.2. The van der Waals surface area contributed by atoms with Gasteiger partial charge in [0, 0.05) is 39.3 Å². The molecule has 5 nitrogen and oxygen atoms in total. The van der Waals surface area contributed by atoms with Crippen LogP contribution in [0.5, 0.6) is 0 Å². The van der Waals surface area contributed by atoms with Crippen LogP contribution in [0.25, 0.3) is 0 Å². The van der Waals surface area contributed by atoms with Gasteiger partial charge in [0.1, 0.15) is 12.4 Å². The number of methoxy groups -OCH3 is 1. The Morgan fingerprint density at radius 2 is 2.17 bits per heavy atom. The molecule has 3 rings (SSSR count). The molecule has 2 atom stereocenters. The Kier molecular flexibility index (Phi) is 5.61. The molecule has 0 saturated carbocycles. The number of hydrogen-bond acceptors (Lipinski definition) is 4. The number of furan rings is 1. The third kappa shape index (κ3) is 3.83. The molecule has 2 aliphatic heterocycles. The molecule has 3 heterocycles. The smallest absolute Gasteiger partial charge is 0.289 e. The maximum atomic E-state index is 12.9.